The minimum atomic E-state index is -4.01. The predicted molar refractivity (Wildman–Crippen MR) is 87.8 cm³/mol. The van der Waals surface area contributed by atoms with Crippen LogP contribution in [0.15, 0.2) is 44.7 Å². The van der Waals surface area contributed by atoms with Gasteiger partial charge in [0.15, 0.2) is 5.17 Å². The monoisotopic (exact) mass is 357 g/mol. The molecule has 1 aliphatic heterocycles. The molecule has 0 radical (unpaired) electrons. The van der Waals surface area contributed by atoms with Crippen LogP contribution in [0.5, 0.6) is 0 Å². The molecule has 23 heavy (non-hydrogen) atoms. The Kier molecular flexibility index (Phi) is 5.10. The summed E-state index contributed by atoms with van der Waals surface area (Å²) in [5.74, 6) is -0.826. The average Bonchev–Trinajstić information content (AvgIpc) is 2.73. The number of sulfonamides is 1. The molecule has 6 nitrogen and oxygen atoms in total. The van der Waals surface area contributed by atoms with Gasteiger partial charge in [0.25, 0.3) is 15.9 Å². The van der Waals surface area contributed by atoms with E-state index < -0.39 is 15.8 Å². The number of amidine groups is 1. The highest BCUT2D eigenvalue weighted by Crippen LogP contribution is 2.32. The van der Waals surface area contributed by atoms with Crippen LogP contribution >= 0.6 is 11.8 Å². The molecule has 9 heteroatoms. The van der Waals surface area contributed by atoms with E-state index in [2.05, 4.69) is 4.40 Å². The highest BCUT2D eigenvalue weighted by atomic mass is 32.2. The van der Waals surface area contributed by atoms with Crippen molar-refractivity contribution >= 4 is 32.9 Å². The lowest BCUT2D eigenvalue weighted by Gasteiger charge is -2.12. The lowest BCUT2D eigenvalue weighted by Crippen LogP contribution is -2.29. The zero-order valence-electron chi connectivity index (χ0n) is 12.9. The minimum Gasteiger partial charge on any atom is -0.382 e. The van der Waals surface area contributed by atoms with Crippen molar-refractivity contribution in [1.29, 1.82) is 0 Å². The third-order valence-electron chi connectivity index (χ3n) is 2.89. The van der Waals surface area contributed by atoms with Crippen LogP contribution in [-0.4, -0.2) is 49.9 Å². The van der Waals surface area contributed by atoms with E-state index in [0.717, 1.165) is 36.0 Å². The van der Waals surface area contributed by atoms with Crippen LogP contribution in [0.25, 0.3) is 0 Å². The largest absolute Gasteiger partial charge is 0.382 e. The van der Waals surface area contributed by atoms with E-state index in [-0.39, 0.29) is 16.0 Å². The van der Waals surface area contributed by atoms with Gasteiger partial charge in [0.05, 0.1) is 9.80 Å². The van der Waals surface area contributed by atoms with Crippen LogP contribution in [0.3, 0.4) is 0 Å². The summed E-state index contributed by atoms with van der Waals surface area (Å²) in [6.07, 6.45) is 1.61. The fraction of sp³-hybridized carbons (Fsp3) is 0.286. The minimum absolute atomic E-state index is 0.0925. The van der Waals surface area contributed by atoms with Crippen LogP contribution in [0.4, 0.5) is 4.39 Å². The molecule has 1 aromatic rings. The Labute approximate surface area is 138 Å². The third-order valence-corrected chi connectivity index (χ3v) is 5.28. The Morgan fingerprint density at radius 3 is 2.43 bits per heavy atom. The van der Waals surface area contributed by atoms with Crippen molar-refractivity contribution in [3.8, 4) is 0 Å². The first kappa shape index (κ1) is 17.5. The van der Waals surface area contributed by atoms with E-state index >= 15 is 0 Å². The van der Waals surface area contributed by atoms with Crippen LogP contribution in [0.1, 0.15) is 6.92 Å². The van der Waals surface area contributed by atoms with Crippen molar-refractivity contribution in [3.63, 3.8) is 0 Å². The van der Waals surface area contributed by atoms with E-state index in [9.17, 15) is 17.6 Å². The van der Waals surface area contributed by atoms with Crippen LogP contribution < -0.4 is 0 Å². The van der Waals surface area contributed by atoms with Crippen LogP contribution in [-0.2, 0) is 14.8 Å². The maximum Gasteiger partial charge on any atom is 0.284 e. The number of rotatable bonds is 4. The summed E-state index contributed by atoms with van der Waals surface area (Å²) in [6, 6.07) is 4.38. The Balaban J connectivity index is 2.41. The van der Waals surface area contributed by atoms with Gasteiger partial charge < -0.3 is 4.90 Å². The first-order valence-electron chi connectivity index (χ1n) is 6.73. The van der Waals surface area contributed by atoms with Crippen LogP contribution in [0, 0.1) is 5.82 Å². The molecule has 1 aromatic carbocycles. The molecule has 1 amide bonds. The van der Waals surface area contributed by atoms with Crippen LogP contribution in [0.2, 0.25) is 0 Å². The van der Waals surface area contributed by atoms with Gasteiger partial charge in [-0.2, -0.15) is 8.42 Å². The molecule has 0 bridgehead atoms. The number of benzene rings is 1. The maximum absolute atomic E-state index is 12.9. The number of nitrogens with zero attached hydrogens (tertiary/aromatic N) is 3. The SMILES string of the molecule is CCN1C(=O)/C(=C\N(C)C)SC1=NS(=O)(=O)c1ccc(F)cc1. The first-order valence-corrected chi connectivity index (χ1v) is 8.98. The van der Waals surface area contributed by atoms with Gasteiger partial charge in [-0.1, -0.05) is 0 Å². The van der Waals surface area contributed by atoms with Gasteiger partial charge in [-0.3, -0.25) is 9.69 Å². The molecule has 0 aromatic heterocycles. The highest BCUT2D eigenvalue weighted by Gasteiger charge is 2.34. The van der Waals surface area contributed by atoms with Gasteiger partial charge in [0.1, 0.15) is 5.82 Å². The third kappa shape index (κ3) is 3.91. The molecule has 0 aliphatic carbocycles. The lowest BCUT2D eigenvalue weighted by atomic mass is 10.4. The van der Waals surface area contributed by atoms with E-state index in [1.165, 1.54) is 4.90 Å². The second kappa shape index (κ2) is 6.71. The summed E-state index contributed by atoms with van der Waals surface area (Å²) >= 11 is 0.997. The lowest BCUT2D eigenvalue weighted by molar-refractivity contribution is -0.122. The number of likely N-dealkylation sites (N-methyl/N-ethyl adjacent to an activating group) is 1. The average molecular weight is 357 g/mol. The van der Waals surface area contributed by atoms with Gasteiger partial charge >= 0.3 is 0 Å². The predicted octanol–water partition coefficient (Wildman–Crippen LogP) is 1.87. The van der Waals surface area contributed by atoms with Gasteiger partial charge in [-0.15, -0.1) is 4.40 Å². The summed E-state index contributed by atoms with van der Waals surface area (Å²) in [6.45, 7) is 2.03. The van der Waals surface area contributed by atoms with Crippen molar-refractivity contribution in [2.75, 3.05) is 20.6 Å². The molecular formula is C14H16FN3O3S2. The number of hydrogen-bond donors (Lipinski definition) is 0. The number of carbonyl (C=O) groups is 1. The Hall–Kier alpha value is -1.87. The molecule has 0 atom stereocenters. The Morgan fingerprint density at radius 2 is 1.91 bits per heavy atom. The first-order chi connectivity index (χ1) is 10.7. The van der Waals surface area contributed by atoms with Gasteiger partial charge in [0.2, 0.25) is 0 Å². The number of thioether (sulfide) groups is 1. The summed E-state index contributed by atoms with van der Waals surface area (Å²) in [4.78, 5) is 15.5. The Bertz CT molecular complexity index is 771. The molecular weight excluding hydrogens is 341 g/mol. The fourth-order valence-corrected chi connectivity index (χ4v) is 4.15. The summed E-state index contributed by atoms with van der Waals surface area (Å²) in [7, 11) is -0.482. The summed E-state index contributed by atoms with van der Waals surface area (Å²) in [5, 5.41) is 0.0925. The molecule has 0 saturated carbocycles. The van der Waals surface area contributed by atoms with Gasteiger partial charge in [-0.05, 0) is 43.0 Å². The molecule has 2 rings (SSSR count). The highest BCUT2D eigenvalue weighted by molar-refractivity contribution is 8.19. The zero-order valence-corrected chi connectivity index (χ0v) is 14.5. The quantitative estimate of drug-likeness (QED) is 0.770. The maximum atomic E-state index is 12.9. The summed E-state index contributed by atoms with van der Waals surface area (Å²) in [5.41, 5.74) is 0. The van der Waals surface area contributed by atoms with E-state index in [4.69, 9.17) is 0 Å². The molecule has 0 unspecified atom stereocenters. The van der Waals surface area contributed by atoms with Gasteiger partial charge in [-0.25, -0.2) is 4.39 Å². The van der Waals surface area contributed by atoms with Crippen molar-refractivity contribution in [2.24, 2.45) is 4.40 Å². The number of carbonyl (C=O) groups excluding carboxylic acids is 1. The Morgan fingerprint density at radius 1 is 1.30 bits per heavy atom. The number of amides is 1. The van der Waals surface area contributed by atoms with Crippen molar-refractivity contribution in [1.82, 2.24) is 9.80 Å². The topological polar surface area (TPSA) is 70.1 Å². The standard InChI is InChI=1S/C14H16FN3O3S2/c1-4-18-13(19)12(9-17(2)3)22-14(18)16-23(20,21)11-7-5-10(15)6-8-11/h5-9H,4H2,1-3H3/b12-9+,16-14?. The van der Waals surface area contributed by atoms with E-state index in [0.29, 0.717) is 11.4 Å². The molecule has 124 valence electrons. The van der Waals surface area contributed by atoms with E-state index in [1.54, 1.807) is 32.1 Å². The normalized spacial score (nSPS) is 19.0. The van der Waals surface area contributed by atoms with Crippen molar-refractivity contribution in [3.05, 3.63) is 41.2 Å². The van der Waals surface area contributed by atoms with Crippen molar-refractivity contribution < 1.29 is 17.6 Å². The molecule has 1 saturated heterocycles. The fourth-order valence-electron chi connectivity index (χ4n) is 1.84. The smallest absolute Gasteiger partial charge is 0.284 e. The second-order valence-corrected chi connectivity index (χ2v) is 7.52. The zero-order chi connectivity index (χ0) is 17.2. The van der Waals surface area contributed by atoms with Crippen molar-refractivity contribution in [2.45, 2.75) is 11.8 Å². The molecule has 0 spiro atoms. The number of halogens is 1. The second-order valence-electron chi connectivity index (χ2n) is 4.91. The van der Waals surface area contributed by atoms with Gasteiger partial charge in [0, 0.05) is 26.8 Å². The van der Waals surface area contributed by atoms with E-state index in [1.807, 2.05) is 0 Å². The molecule has 1 aliphatic rings. The molecule has 0 N–H and O–H groups in total. The molecule has 1 heterocycles. The number of hydrogen-bond acceptors (Lipinski definition) is 5. The molecule has 1 fully saturated rings. The summed E-state index contributed by atoms with van der Waals surface area (Å²) < 4.78 is 41.3.